The molecule has 0 fully saturated rings. The van der Waals surface area contributed by atoms with E-state index < -0.39 is 0 Å². The number of aromatic nitrogens is 2. The number of halogens is 2. The van der Waals surface area contributed by atoms with Gasteiger partial charge in [0.2, 0.25) is 5.88 Å². The fraction of sp³-hybridized carbons (Fsp3) is 0.125. The van der Waals surface area contributed by atoms with Gasteiger partial charge in [0.15, 0.2) is 0 Å². The SMILES string of the molecule is CCc1nc(Cl)cc(Oc2ccc3ccccc3c2Br)n1. The highest BCUT2D eigenvalue weighted by Gasteiger charge is 2.09. The summed E-state index contributed by atoms with van der Waals surface area (Å²) in [7, 11) is 0. The van der Waals surface area contributed by atoms with Gasteiger partial charge in [0.05, 0.1) is 4.47 Å². The van der Waals surface area contributed by atoms with Crippen LogP contribution in [-0.2, 0) is 6.42 Å². The highest BCUT2D eigenvalue weighted by molar-refractivity contribution is 9.10. The predicted octanol–water partition coefficient (Wildman–Crippen LogP) is 5.40. The van der Waals surface area contributed by atoms with Gasteiger partial charge in [-0.3, -0.25) is 0 Å². The minimum atomic E-state index is 0.383. The van der Waals surface area contributed by atoms with Gasteiger partial charge in [-0.05, 0) is 32.8 Å². The van der Waals surface area contributed by atoms with E-state index in [-0.39, 0.29) is 0 Å². The van der Waals surface area contributed by atoms with Crippen LogP contribution in [0, 0.1) is 0 Å². The normalized spacial score (nSPS) is 10.8. The number of benzene rings is 2. The molecule has 3 rings (SSSR count). The molecule has 2 aromatic carbocycles. The highest BCUT2D eigenvalue weighted by Crippen LogP contribution is 2.35. The van der Waals surface area contributed by atoms with Gasteiger partial charge < -0.3 is 4.74 Å². The maximum Gasteiger partial charge on any atom is 0.224 e. The lowest BCUT2D eigenvalue weighted by Gasteiger charge is -2.10. The molecule has 0 aliphatic rings. The first-order valence-electron chi connectivity index (χ1n) is 6.56. The number of ether oxygens (including phenoxy) is 1. The van der Waals surface area contributed by atoms with Crippen molar-refractivity contribution in [1.82, 2.24) is 9.97 Å². The standard InChI is InChI=1S/C16H12BrClN2O/c1-2-14-19-13(18)9-15(20-14)21-12-8-7-10-5-3-4-6-11(10)16(12)17/h3-9H,2H2,1H3. The lowest BCUT2D eigenvalue weighted by molar-refractivity contribution is 0.457. The molecule has 0 saturated carbocycles. The summed E-state index contributed by atoms with van der Waals surface area (Å²) in [6, 6.07) is 13.6. The van der Waals surface area contributed by atoms with E-state index in [0.29, 0.717) is 29.0 Å². The summed E-state index contributed by atoms with van der Waals surface area (Å²) in [5.41, 5.74) is 0. The second-order valence-corrected chi connectivity index (χ2v) is 5.68. The first-order chi connectivity index (χ1) is 10.2. The topological polar surface area (TPSA) is 35.0 Å². The molecule has 0 spiro atoms. The molecule has 106 valence electrons. The van der Waals surface area contributed by atoms with Crippen LogP contribution in [-0.4, -0.2) is 9.97 Å². The van der Waals surface area contributed by atoms with E-state index in [2.05, 4.69) is 32.0 Å². The minimum absolute atomic E-state index is 0.383. The van der Waals surface area contributed by atoms with E-state index in [1.54, 1.807) is 6.07 Å². The van der Waals surface area contributed by atoms with Gasteiger partial charge in [0.1, 0.15) is 16.7 Å². The molecule has 0 aliphatic carbocycles. The van der Waals surface area contributed by atoms with Crippen LogP contribution in [0.3, 0.4) is 0 Å². The predicted molar refractivity (Wildman–Crippen MR) is 88.1 cm³/mol. The minimum Gasteiger partial charge on any atom is -0.438 e. The van der Waals surface area contributed by atoms with Gasteiger partial charge in [0.25, 0.3) is 0 Å². The van der Waals surface area contributed by atoms with Gasteiger partial charge in [-0.15, -0.1) is 0 Å². The smallest absolute Gasteiger partial charge is 0.224 e. The molecule has 5 heteroatoms. The molecule has 3 nitrogen and oxygen atoms in total. The van der Waals surface area contributed by atoms with Crippen molar-refractivity contribution in [3.63, 3.8) is 0 Å². The molecular weight excluding hydrogens is 352 g/mol. The zero-order valence-electron chi connectivity index (χ0n) is 11.3. The number of hydrogen-bond acceptors (Lipinski definition) is 3. The van der Waals surface area contributed by atoms with Crippen LogP contribution in [0.15, 0.2) is 46.9 Å². The molecule has 3 aromatic rings. The van der Waals surface area contributed by atoms with Crippen molar-refractivity contribution < 1.29 is 4.74 Å². The van der Waals surface area contributed by atoms with E-state index in [0.717, 1.165) is 15.2 Å². The summed E-state index contributed by atoms with van der Waals surface area (Å²) in [6.45, 7) is 1.97. The maximum atomic E-state index is 5.99. The number of rotatable bonds is 3. The van der Waals surface area contributed by atoms with Gasteiger partial charge in [-0.2, -0.15) is 4.98 Å². The Kier molecular flexibility index (Phi) is 4.08. The molecule has 0 aliphatic heterocycles. The Morgan fingerprint density at radius 2 is 1.95 bits per heavy atom. The van der Waals surface area contributed by atoms with Crippen LogP contribution in [0.25, 0.3) is 10.8 Å². The summed E-state index contributed by atoms with van der Waals surface area (Å²) in [5.74, 6) is 1.81. The molecule has 21 heavy (non-hydrogen) atoms. The Balaban J connectivity index is 2.02. The number of fused-ring (bicyclic) bond motifs is 1. The summed E-state index contributed by atoms with van der Waals surface area (Å²) in [6.07, 6.45) is 0.704. The lowest BCUT2D eigenvalue weighted by atomic mass is 10.1. The molecule has 0 N–H and O–H groups in total. The van der Waals surface area contributed by atoms with Crippen molar-refractivity contribution >= 4 is 38.3 Å². The van der Waals surface area contributed by atoms with Crippen molar-refractivity contribution in [3.05, 3.63) is 57.9 Å². The van der Waals surface area contributed by atoms with Crippen molar-refractivity contribution in [1.29, 1.82) is 0 Å². The molecule has 1 aromatic heterocycles. The van der Waals surface area contributed by atoms with Crippen LogP contribution in [0.2, 0.25) is 5.15 Å². The van der Waals surface area contributed by atoms with Crippen molar-refractivity contribution in [2.24, 2.45) is 0 Å². The van der Waals surface area contributed by atoms with Crippen LogP contribution < -0.4 is 4.74 Å². The monoisotopic (exact) mass is 362 g/mol. The maximum absolute atomic E-state index is 5.99. The van der Waals surface area contributed by atoms with Gasteiger partial charge in [-0.25, -0.2) is 4.98 Å². The average Bonchev–Trinajstić information content (AvgIpc) is 2.50. The first kappa shape index (κ1) is 14.3. The second kappa shape index (κ2) is 6.00. The lowest BCUT2D eigenvalue weighted by Crippen LogP contribution is -1.97. The van der Waals surface area contributed by atoms with Crippen LogP contribution in [0.5, 0.6) is 11.6 Å². The number of nitrogens with zero attached hydrogens (tertiary/aromatic N) is 2. The highest BCUT2D eigenvalue weighted by atomic mass is 79.9. The van der Waals surface area contributed by atoms with Crippen molar-refractivity contribution in [2.45, 2.75) is 13.3 Å². The molecule has 1 heterocycles. The van der Waals surface area contributed by atoms with E-state index in [1.165, 1.54) is 0 Å². The zero-order valence-corrected chi connectivity index (χ0v) is 13.6. The molecule has 0 radical (unpaired) electrons. The third kappa shape index (κ3) is 3.01. The number of aryl methyl sites for hydroxylation is 1. The van der Waals surface area contributed by atoms with E-state index in [9.17, 15) is 0 Å². The van der Waals surface area contributed by atoms with Gasteiger partial charge >= 0.3 is 0 Å². The fourth-order valence-electron chi connectivity index (χ4n) is 2.06. The summed E-state index contributed by atoms with van der Waals surface area (Å²) in [5, 5.41) is 2.62. The Morgan fingerprint density at radius 3 is 2.76 bits per heavy atom. The molecule has 0 saturated heterocycles. The Morgan fingerprint density at radius 1 is 1.14 bits per heavy atom. The van der Waals surface area contributed by atoms with E-state index in [1.807, 2.05) is 37.3 Å². The fourth-order valence-corrected chi connectivity index (χ4v) is 2.82. The largest absolute Gasteiger partial charge is 0.438 e. The third-order valence-corrected chi connectivity index (χ3v) is 4.09. The summed E-state index contributed by atoms with van der Waals surface area (Å²) in [4.78, 5) is 8.46. The van der Waals surface area contributed by atoms with Gasteiger partial charge in [-0.1, -0.05) is 48.9 Å². The van der Waals surface area contributed by atoms with Crippen molar-refractivity contribution in [2.75, 3.05) is 0 Å². The Hall–Kier alpha value is -1.65. The first-order valence-corrected chi connectivity index (χ1v) is 7.73. The molecule has 0 atom stereocenters. The van der Waals surface area contributed by atoms with Crippen LogP contribution in [0.4, 0.5) is 0 Å². The van der Waals surface area contributed by atoms with Gasteiger partial charge in [0, 0.05) is 12.5 Å². The summed E-state index contributed by atoms with van der Waals surface area (Å²) >= 11 is 9.58. The third-order valence-electron chi connectivity index (χ3n) is 3.08. The number of hydrogen-bond donors (Lipinski definition) is 0. The summed E-state index contributed by atoms with van der Waals surface area (Å²) < 4.78 is 6.75. The second-order valence-electron chi connectivity index (χ2n) is 4.50. The Labute approximate surface area is 136 Å². The zero-order chi connectivity index (χ0) is 14.8. The average molecular weight is 364 g/mol. The molecule has 0 amide bonds. The van der Waals surface area contributed by atoms with E-state index in [4.69, 9.17) is 16.3 Å². The van der Waals surface area contributed by atoms with E-state index >= 15 is 0 Å². The van der Waals surface area contributed by atoms with Crippen LogP contribution >= 0.6 is 27.5 Å². The molecule has 0 bridgehead atoms. The quantitative estimate of drug-likeness (QED) is 0.584. The molecular formula is C16H12BrClN2O. The Bertz CT molecular complexity index is 807. The van der Waals surface area contributed by atoms with Crippen LogP contribution in [0.1, 0.15) is 12.7 Å². The van der Waals surface area contributed by atoms with Crippen molar-refractivity contribution in [3.8, 4) is 11.6 Å². The molecule has 0 unspecified atom stereocenters.